The molecule has 30 heavy (non-hydrogen) atoms. The molecule has 0 aliphatic carbocycles. The Labute approximate surface area is 185 Å². The van der Waals surface area contributed by atoms with Crippen LogP contribution < -0.4 is 14.2 Å². The molecule has 158 valence electrons. The zero-order valence-electron chi connectivity index (χ0n) is 17.3. The fourth-order valence-electron chi connectivity index (χ4n) is 2.87. The van der Waals surface area contributed by atoms with E-state index in [-0.39, 0.29) is 5.91 Å². The van der Waals surface area contributed by atoms with E-state index in [4.69, 9.17) is 25.8 Å². The van der Waals surface area contributed by atoms with Gasteiger partial charge in [-0.2, -0.15) is 0 Å². The van der Waals surface area contributed by atoms with Gasteiger partial charge in [-0.25, -0.2) is 4.99 Å². The lowest BCUT2D eigenvalue weighted by atomic mass is 10.1. The quantitative estimate of drug-likeness (QED) is 0.534. The van der Waals surface area contributed by atoms with Gasteiger partial charge in [0.15, 0.2) is 16.7 Å². The Balaban J connectivity index is 1.94. The van der Waals surface area contributed by atoms with Crippen LogP contribution in [0, 0.1) is 0 Å². The fourth-order valence-corrected chi connectivity index (χ4v) is 4.13. The molecule has 2 aromatic carbocycles. The minimum absolute atomic E-state index is 0.112. The summed E-state index contributed by atoms with van der Waals surface area (Å²) < 4.78 is 16.1. The SMILES string of the molecule is CCOc1cc(Cl)c(/C=C2/SC(=Nc3ccc(OC)cc3)N(CC)C2=O)cc1OC. The number of hydrogen-bond acceptors (Lipinski definition) is 6. The Morgan fingerprint density at radius 1 is 1.10 bits per heavy atom. The number of halogens is 1. The number of hydrogen-bond donors (Lipinski definition) is 0. The molecule has 1 aliphatic rings. The summed E-state index contributed by atoms with van der Waals surface area (Å²) in [5.41, 5.74) is 1.42. The van der Waals surface area contributed by atoms with Crippen LogP contribution in [0.5, 0.6) is 17.2 Å². The topological polar surface area (TPSA) is 60.4 Å². The normalized spacial score (nSPS) is 16.4. The zero-order chi connectivity index (χ0) is 21.7. The molecule has 0 aromatic heterocycles. The number of ether oxygens (including phenoxy) is 3. The predicted octanol–water partition coefficient (Wildman–Crippen LogP) is 5.38. The van der Waals surface area contributed by atoms with E-state index in [9.17, 15) is 4.79 Å². The highest BCUT2D eigenvalue weighted by Crippen LogP contribution is 2.38. The standard InChI is InChI=1S/C22H23ClN2O4S/c1-5-25-21(26)20(30-22(25)24-15-7-9-16(27-3)10-8-15)12-14-11-18(28-4)19(29-6-2)13-17(14)23/h7-13H,5-6H2,1-4H3/b20-12+,24-22?. The van der Waals surface area contributed by atoms with Crippen molar-refractivity contribution < 1.29 is 19.0 Å². The second-order valence-electron chi connectivity index (χ2n) is 6.21. The van der Waals surface area contributed by atoms with Gasteiger partial charge in [-0.3, -0.25) is 9.69 Å². The van der Waals surface area contributed by atoms with E-state index >= 15 is 0 Å². The molecule has 1 fully saturated rings. The van der Waals surface area contributed by atoms with Crippen molar-refractivity contribution in [1.29, 1.82) is 0 Å². The van der Waals surface area contributed by atoms with E-state index < -0.39 is 0 Å². The minimum atomic E-state index is -0.112. The number of benzene rings is 2. The second-order valence-corrected chi connectivity index (χ2v) is 7.63. The number of nitrogens with zero attached hydrogens (tertiary/aromatic N) is 2. The summed E-state index contributed by atoms with van der Waals surface area (Å²) in [7, 11) is 3.18. The number of thioether (sulfide) groups is 1. The predicted molar refractivity (Wildman–Crippen MR) is 122 cm³/mol. The summed E-state index contributed by atoms with van der Waals surface area (Å²) in [5, 5.41) is 1.09. The molecule has 8 heteroatoms. The van der Waals surface area contributed by atoms with Crippen molar-refractivity contribution in [3.05, 3.63) is 51.9 Å². The molecule has 1 amide bonds. The molecule has 0 saturated carbocycles. The Kier molecular flexibility index (Phi) is 7.29. The van der Waals surface area contributed by atoms with Crippen molar-refractivity contribution >= 4 is 46.2 Å². The van der Waals surface area contributed by atoms with Gasteiger partial charge in [0.05, 0.1) is 36.4 Å². The maximum absolute atomic E-state index is 12.9. The molecule has 3 rings (SSSR count). The third kappa shape index (κ3) is 4.74. The molecule has 2 aromatic rings. The third-order valence-corrected chi connectivity index (χ3v) is 5.70. The van der Waals surface area contributed by atoms with Gasteiger partial charge in [0.25, 0.3) is 5.91 Å². The lowest BCUT2D eigenvalue weighted by Gasteiger charge is -2.12. The van der Waals surface area contributed by atoms with Crippen LogP contribution in [-0.4, -0.2) is 43.3 Å². The largest absolute Gasteiger partial charge is 0.497 e. The molecule has 1 saturated heterocycles. The van der Waals surface area contributed by atoms with Crippen molar-refractivity contribution in [1.82, 2.24) is 4.90 Å². The average molecular weight is 447 g/mol. The summed E-state index contributed by atoms with van der Waals surface area (Å²) in [6, 6.07) is 10.8. The first-order valence-corrected chi connectivity index (χ1v) is 10.6. The molecule has 6 nitrogen and oxygen atoms in total. The molecule has 0 atom stereocenters. The van der Waals surface area contributed by atoms with Gasteiger partial charge in [0, 0.05) is 12.6 Å². The van der Waals surface area contributed by atoms with E-state index in [1.165, 1.54) is 11.8 Å². The van der Waals surface area contributed by atoms with Crippen LogP contribution >= 0.6 is 23.4 Å². The van der Waals surface area contributed by atoms with Gasteiger partial charge < -0.3 is 14.2 Å². The van der Waals surface area contributed by atoms with Crippen molar-refractivity contribution in [3.8, 4) is 17.2 Å². The van der Waals surface area contributed by atoms with Crippen LogP contribution in [-0.2, 0) is 4.79 Å². The molecule has 1 aliphatic heterocycles. The first-order valence-electron chi connectivity index (χ1n) is 9.45. The number of carbonyl (C=O) groups is 1. The Bertz CT molecular complexity index is 989. The molecular weight excluding hydrogens is 424 g/mol. The van der Waals surface area contributed by atoms with E-state index in [0.717, 1.165) is 11.4 Å². The summed E-state index contributed by atoms with van der Waals surface area (Å²) in [6.45, 7) is 4.81. The van der Waals surface area contributed by atoms with Crippen molar-refractivity contribution in [2.45, 2.75) is 13.8 Å². The highest BCUT2D eigenvalue weighted by Gasteiger charge is 2.32. The van der Waals surface area contributed by atoms with Gasteiger partial charge in [-0.05, 0) is 67.6 Å². The van der Waals surface area contributed by atoms with Crippen LogP contribution in [0.3, 0.4) is 0 Å². The Morgan fingerprint density at radius 2 is 1.83 bits per heavy atom. The maximum atomic E-state index is 12.9. The fraction of sp³-hybridized carbons (Fsp3) is 0.273. The van der Waals surface area contributed by atoms with Gasteiger partial charge >= 0.3 is 0 Å². The smallest absolute Gasteiger partial charge is 0.266 e. The van der Waals surface area contributed by atoms with Crippen molar-refractivity contribution in [3.63, 3.8) is 0 Å². The second kappa shape index (κ2) is 9.91. The van der Waals surface area contributed by atoms with Gasteiger partial charge in [-0.15, -0.1) is 0 Å². The molecular formula is C22H23ClN2O4S. The monoisotopic (exact) mass is 446 g/mol. The zero-order valence-corrected chi connectivity index (χ0v) is 18.8. The number of likely N-dealkylation sites (N-methyl/N-ethyl adjacent to an activating group) is 1. The van der Waals surface area contributed by atoms with Gasteiger partial charge in [0.1, 0.15) is 5.75 Å². The lowest BCUT2D eigenvalue weighted by Crippen LogP contribution is -2.28. The van der Waals surface area contributed by atoms with E-state index in [1.807, 2.05) is 38.1 Å². The van der Waals surface area contributed by atoms with E-state index in [0.29, 0.717) is 45.3 Å². The Morgan fingerprint density at radius 3 is 2.43 bits per heavy atom. The maximum Gasteiger partial charge on any atom is 0.266 e. The van der Waals surface area contributed by atoms with Crippen molar-refractivity contribution in [2.24, 2.45) is 4.99 Å². The van der Waals surface area contributed by atoms with Crippen LogP contribution in [0.25, 0.3) is 6.08 Å². The molecule has 0 N–H and O–H groups in total. The summed E-state index contributed by atoms with van der Waals surface area (Å²) >= 11 is 7.74. The summed E-state index contributed by atoms with van der Waals surface area (Å²) in [5.74, 6) is 1.76. The summed E-state index contributed by atoms with van der Waals surface area (Å²) in [6.07, 6.45) is 1.76. The minimum Gasteiger partial charge on any atom is -0.497 e. The summed E-state index contributed by atoms with van der Waals surface area (Å²) in [4.78, 5) is 19.7. The van der Waals surface area contributed by atoms with Crippen LogP contribution in [0.15, 0.2) is 46.3 Å². The first kappa shape index (κ1) is 22.1. The van der Waals surface area contributed by atoms with Gasteiger partial charge in [0.2, 0.25) is 0 Å². The lowest BCUT2D eigenvalue weighted by molar-refractivity contribution is -0.122. The average Bonchev–Trinajstić information content (AvgIpc) is 3.04. The molecule has 1 heterocycles. The molecule has 0 unspecified atom stereocenters. The first-order chi connectivity index (χ1) is 14.5. The number of aliphatic imine (C=N–C) groups is 1. The molecule has 0 bridgehead atoms. The number of amidine groups is 1. The van der Waals surface area contributed by atoms with Crippen LogP contribution in [0.4, 0.5) is 5.69 Å². The van der Waals surface area contributed by atoms with Crippen LogP contribution in [0.2, 0.25) is 5.02 Å². The number of methoxy groups -OCH3 is 2. The highest BCUT2D eigenvalue weighted by molar-refractivity contribution is 8.18. The number of rotatable bonds is 7. The molecule has 0 spiro atoms. The Hall–Kier alpha value is -2.64. The molecule has 0 radical (unpaired) electrons. The van der Waals surface area contributed by atoms with Gasteiger partial charge in [-0.1, -0.05) is 11.6 Å². The van der Waals surface area contributed by atoms with Crippen molar-refractivity contribution in [2.75, 3.05) is 27.4 Å². The van der Waals surface area contributed by atoms with Crippen LogP contribution in [0.1, 0.15) is 19.4 Å². The highest BCUT2D eigenvalue weighted by atomic mass is 35.5. The number of carbonyl (C=O) groups excluding carboxylic acids is 1. The van der Waals surface area contributed by atoms with E-state index in [2.05, 4.69) is 4.99 Å². The number of amides is 1. The van der Waals surface area contributed by atoms with E-state index in [1.54, 1.807) is 37.3 Å². The third-order valence-electron chi connectivity index (χ3n) is 4.37.